The van der Waals surface area contributed by atoms with E-state index < -0.39 is 11.2 Å². The largest absolute Gasteiger partial charge is 0.502 e. The Balaban J connectivity index is 1.70. The molecule has 158 valence electrons. The van der Waals surface area contributed by atoms with Crippen LogP contribution in [-0.2, 0) is 0 Å². The maximum Gasteiger partial charge on any atom is 0.278 e. The van der Waals surface area contributed by atoms with E-state index in [9.17, 15) is 14.7 Å². The van der Waals surface area contributed by atoms with Gasteiger partial charge in [-0.3, -0.25) is 19.3 Å². The van der Waals surface area contributed by atoms with E-state index in [0.717, 1.165) is 36.8 Å². The molecule has 1 aliphatic heterocycles. The minimum atomic E-state index is -0.538. The van der Waals surface area contributed by atoms with Gasteiger partial charge in [0.05, 0.1) is 6.04 Å². The highest BCUT2D eigenvalue weighted by molar-refractivity contribution is 5.96. The van der Waals surface area contributed by atoms with Gasteiger partial charge in [-0.15, -0.1) is 0 Å². The summed E-state index contributed by atoms with van der Waals surface area (Å²) in [6.07, 6.45) is 5.66. The van der Waals surface area contributed by atoms with Gasteiger partial charge in [-0.05, 0) is 24.0 Å². The van der Waals surface area contributed by atoms with Crippen molar-refractivity contribution in [3.63, 3.8) is 0 Å². The van der Waals surface area contributed by atoms with Crippen LogP contribution in [0.4, 0.5) is 0 Å². The number of benzene rings is 2. The minimum Gasteiger partial charge on any atom is -0.502 e. The predicted molar refractivity (Wildman–Crippen MR) is 119 cm³/mol. The lowest BCUT2D eigenvalue weighted by molar-refractivity contribution is 0.0593. The first-order chi connectivity index (χ1) is 15.1. The average Bonchev–Trinajstić information content (AvgIpc) is 3.34. The molecule has 0 radical (unpaired) electrons. The molecule has 2 aromatic carbocycles. The second-order valence-corrected chi connectivity index (χ2v) is 8.24. The fourth-order valence-electron chi connectivity index (χ4n) is 4.87. The summed E-state index contributed by atoms with van der Waals surface area (Å²) in [4.78, 5) is 27.5. The molecule has 0 bridgehead atoms. The van der Waals surface area contributed by atoms with Gasteiger partial charge in [-0.2, -0.15) is 0 Å². The van der Waals surface area contributed by atoms with Crippen LogP contribution in [0.5, 0.6) is 5.75 Å². The second kappa shape index (κ2) is 7.95. The summed E-state index contributed by atoms with van der Waals surface area (Å²) < 4.78 is 1.66. The molecule has 2 heterocycles. The van der Waals surface area contributed by atoms with Crippen molar-refractivity contribution in [3.8, 4) is 5.75 Å². The third-order valence-electron chi connectivity index (χ3n) is 6.39. The van der Waals surface area contributed by atoms with Crippen molar-refractivity contribution in [1.82, 2.24) is 9.58 Å². The van der Waals surface area contributed by atoms with Gasteiger partial charge in [0.25, 0.3) is 5.91 Å². The first-order valence-corrected chi connectivity index (χ1v) is 10.8. The second-order valence-electron chi connectivity index (χ2n) is 8.24. The Kier molecular flexibility index (Phi) is 4.98. The van der Waals surface area contributed by atoms with E-state index in [1.807, 2.05) is 41.3 Å². The number of amides is 1. The molecular formula is C25H25N3O3. The zero-order valence-corrected chi connectivity index (χ0v) is 17.2. The summed E-state index contributed by atoms with van der Waals surface area (Å²) in [7, 11) is 0. The zero-order chi connectivity index (χ0) is 21.4. The number of carbonyl (C=O) groups is 1. The van der Waals surface area contributed by atoms with Crippen LogP contribution < -0.4 is 10.4 Å². The molecule has 6 nitrogen and oxygen atoms in total. The molecule has 1 amide bonds. The van der Waals surface area contributed by atoms with Crippen molar-refractivity contribution in [1.29, 1.82) is 0 Å². The molecule has 31 heavy (non-hydrogen) atoms. The van der Waals surface area contributed by atoms with E-state index in [4.69, 9.17) is 0 Å². The number of rotatable bonds is 4. The Hall–Kier alpha value is -3.54. The fraction of sp³-hybridized carbons (Fsp3) is 0.280. The topological polar surface area (TPSA) is 65.8 Å². The number of fused-ring (bicyclic) bond motifs is 1. The molecule has 1 N–H and O–H groups in total. The molecule has 3 aromatic rings. The van der Waals surface area contributed by atoms with Crippen molar-refractivity contribution in [2.24, 2.45) is 0 Å². The number of pyridine rings is 1. The number of nitrogens with zero attached hydrogens (tertiary/aromatic N) is 3. The van der Waals surface area contributed by atoms with Gasteiger partial charge >= 0.3 is 0 Å². The summed E-state index contributed by atoms with van der Waals surface area (Å²) >= 11 is 0. The molecule has 1 aromatic heterocycles. The molecule has 0 saturated heterocycles. The van der Waals surface area contributed by atoms with Crippen molar-refractivity contribution < 1.29 is 9.90 Å². The maximum atomic E-state index is 13.4. The van der Waals surface area contributed by atoms with Crippen LogP contribution >= 0.6 is 0 Å². The Morgan fingerprint density at radius 1 is 0.839 bits per heavy atom. The van der Waals surface area contributed by atoms with Gasteiger partial charge in [-0.25, -0.2) is 0 Å². The van der Waals surface area contributed by atoms with E-state index in [0.29, 0.717) is 6.67 Å². The van der Waals surface area contributed by atoms with Gasteiger partial charge in [0.15, 0.2) is 11.4 Å². The predicted octanol–water partition coefficient (Wildman–Crippen LogP) is 3.64. The monoisotopic (exact) mass is 415 g/mol. The number of aromatic hydroxyl groups is 1. The van der Waals surface area contributed by atoms with Crippen LogP contribution in [0.2, 0.25) is 0 Å². The van der Waals surface area contributed by atoms with E-state index >= 15 is 0 Å². The maximum absolute atomic E-state index is 13.4. The summed E-state index contributed by atoms with van der Waals surface area (Å²) in [5, 5.41) is 12.7. The van der Waals surface area contributed by atoms with Gasteiger partial charge in [0, 0.05) is 18.3 Å². The summed E-state index contributed by atoms with van der Waals surface area (Å²) in [5.74, 6) is -0.765. The lowest BCUT2D eigenvalue weighted by Crippen LogP contribution is -2.57. The first-order valence-electron chi connectivity index (χ1n) is 10.8. The van der Waals surface area contributed by atoms with Gasteiger partial charge in [0.1, 0.15) is 6.67 Å². The van der Waals surface area contributed by atoms with Gasteiger partial charge in [0.2, 0.25) is 5.43 Å². The summed E-state index contributed by atoms with van der Waals surface area (Å²) in [5.41, 5.74) is 1.64. The third-order valence-corrected chi connectivity index (χ3v) is 6.39. The molecule has 1 fully saturated rings. The normalized spacial score (nSPS) is 16.7. The lowest BCUT2D eigenvalue weighted by Gasteiger charge is -2.45. The molecule has 0 atom stereocenters. The summed E-state index contributed by atoms with van der Waals surface area (Å²) in [6.45, 7) is 0.382. The highest BCUT2D eigenvalue weighted by Crippen LogP contribution is 2.34. The lowest BCUT2D eigenvalue weighted by atomic mass is 9.98. The zero-order valence-electron chi connectivity index (χ0n) is 17.2. The highest BCUT2D eigenvalue weighted by Gasteiger charge is 2.39. The minimum absolute atomic E-state index is 0.0440. The van der Waals surface area contributed by atoms with Crippen molar-refractivity contribution in [3.05, 3.63) is 100.0 Å². The molecule has 0 spiro atoms. The molecule has 5 rings (SSSR count). The molecule has 1 saturated carbocycles. The van der Waals surface area contributed by atoms with E-state index in [2.05, 4.69) is 29.3 Å². The SMILES string of the molecule is O=C1c2c(O)c(=O)ccn2N(C(c2ccccc2)c2ccccc2)CN1C1CCCC1. The highest BCUT2D eigenvalue weighted by atomic mass is 16.3. The van der Waals surface area contributed by atoms with E-state index in [1.165, 1.54) is 6.07 Å². The van der Waals surface area contributed by atoms with Gasteiger partial charge in [-0.1, -0.05) is 73.5 Å². The molecule has 2 aliphatic rings. The standard InChI is InChI=1S/C25H25N3O3/c29-21-15-16-27-23(24(21)30)25(31)26(20-13-7-8-14-20)17-28(27)22(18-9-3-1-4-10-18)19-11-5-2-6-12-19/h1-6,9-12,15-16,20,22,30H,7-8,13-14,17H2. The van der Waals surface area contributed by atoms with Gasteiger partial charge < -0.3 is 10.0 Å². The van der Waals surface area contributed by atoms with Crippen LogP contribution in [0.1, 0.15) is 53.3 Å². The van der Waals surface area contributed by atoms with Crippen molar-refractivity contribution in [2.45, 2.75) is 37.8 Å². The Morgan fingerprint density at radius 2 is 1.42 bits per heavy atom. The fourth-order valence-corrected chi connectivity index (χ4v) is 4.87. The van der Waals surface area contributed by atoms with Crippen LogP contribution in [0.15, 0.2) is 77.7 Å². The number of hydrogen-bond donors (Lipinski definition) is 1. The Bertz CT molecular complexity index is 1100. The van der Waals surface area contributed by atoms with Crippen LogP contribution in [0.3, 0.4) is 0 Å². The van der Waals surface area contributed by atoms with Crippen LogP contribution in [-0.4, -0.2) is 33.3 Å². The summed E-state index contributed by atoms with van der Waals surface area (Å²) in [6, 6.07) is 21.5. The number of aromatic nitrogens is 1. The quantitative estimate of drug-likeness (QED) is 0.707. The average molecular weight is 415 g/mol. The van der Waals surface area contributed by atoms with Crippen molar-refractivity contribution in [2.75, 3.05) is 11.7 Å². The molecule has 1 aliphatic carbocycles. The molecular weight excluding hydrogens is 390 g/mol. The third kappa shape index (κ3) is 3.38. The first kappa shape index (κ1) is 19.4. The smallest absolute Gasteiger partial charge is 0.278 e. The number of carbonyl (C=O) groups excluding carboxylic acids is 1. The van der Waals surface area contributed by atoms with E-state index in [1.54, 1.807) is 10.9 Å². The van der Waals surface area contributed by atoms with Crippen molar-refractivity contribution >= 4 is 5.91 Å². The van der Waals surface area contributed by atoms with Crippen LogP contribution in [0.25, 0.3) is 0 Å². The van der Waals surface area contributed by atoms with E-state index in [-0.39, 0.29) is 23.7 Å². The van der Waals surface area contributed by atoms with Crippen LogP contribution in [0, 0.1) is 0 Å². The molecule has 6 heteroatoms. The molecule has 0 unspecified atom stereocenters. The Morgan fingerprint density at radius 3 is 2.00 bits per heavy atom. The Labute approximate surface area is 180 Å². The number of hydrogen-bond acceptors (Lipinski definition) is 4.